The van der Waals surface area contributed by atoms with E-state index in [1.54, 1.807) is 0 Å². The molecule has 1 aromatic carbocycles. The van der Waals surface area contributed by atoms with Crippen LogP contribution in [0.1, 0.15) is 28.8 Å². The minimum Gasteiger partial charge on any atom is -0.322 e. The minimum atomic E-state index is -4.00. The van der Waals surface area contributed by atoms with Crippen LogP contribution in [-0.4, -0.2) is 51.5 Å². The topological polar surface area (TPSA) is 131 Å². The Morgan fingerprint density at radius 2 is 1.85 bits per heavy atom. The Hall–Kier alpha value is -3.08. The molecule has 11 heteroatoms. The van der Waals surface area contributed by atoms with E-state index in [1.165, 1.54) is 35.5 Å². The van der Waals surface area contributed by atoms with E-state index in [2.05, 4.69) is 15.5 Å². The summed E-state index contributed by atoms with van der Waals surface area (Å²) < 4.78 is 25.5. The third-order valence-electron chi connectivity index (χ3n) is 4.41. The van der Waals surface area contributed by atoms with Crippen LogP contribution in [0.5, 0.6) is 0 Å². The number of carbonyl (C=O) groups is 3. The number of rotatable bonds is 3. The van der Waals surface area contributed by atoms with Gasteiger partial charge in [0.1, 0.15) is 6.04 Å². The van der Waals surface area contributed by atoms with Crippen LogP contribution in [0.2, 0.25) is 0 Å². The summed E-state index contributed by atoms with van der Waals surface area (Å²) in [6.45, 7) is 0.181. The van der Waals surface area contributed by atoms with E-state index >= 15 is 0 Å². The zero-order chi connectivity index (χ0) is 18.5. The molecular formula is C15H13N5O5S. The monoisotopic (exact) mass is 375 g/mol. The highest BCUT2D eigenvalue weighted by Gasteiger charge is 2.39. The molecule has 1 unspecified atom stereocenters. The van der Waals surface area contributed by atoms with Gasteiger partial charge in [-0.15, -0.1) is 10.2 Å². The molecule has 4 rings (SSSR count). The molecule has 26 heavy (non-hydrogen) atoms. The van der Waals surface area contributed by atoms with Crippen LogP contribution in [0.25, 0.3) is 0 Å². The number of nitrogens with one attached hydrogen (secondary N) is 1. The van der Waals surface area contributed by atoms with Crippen molar-refractivity contribution >= 4 is 27.7 Å². The molecule has 0 aliphatic carbocycles. The lowest BCUT2D eigenvalue weighted by atomic mass is 10.0. The first-order valence-corrected chi connectivity index (χ1v) is 9.21. The van der Waals surface area contributed by atoms with Gasteiger partial charge in [0.05, 0.1) is 17.3 Å². The Morgan fingerprint density at radius 3 is 2.54 bits per heavy atom. The largest absolute Gasteiger partial charge is 0.322 e. The summed E-state index contributed by atoms with van der Waals surface area (Å²) >= 11 is 0. The van der Waals surface area contributed by atoms with Crippen molar-refractivity contribution in [3.63, 3.8) is 0 Å². The predicted octanol–water partition coefficient (Wildman–Crippen LogP) is -0.724. The molecular weight excluding hydrogens is 362 g/mol. The van der Waals surface area contributed by atoms with Crippen LogP contribution in [0.15, 0.2) is 35.5 Å². The number of amides is 3. The Morgan fingerprint density at radius 1 is 1.12 bits per heavy atom. The quantitative estimate of drug-likeness (QED) is 0.700. The zero-order valence-electron chi connectivity index (χ0n) is 13.3. The van der Waals surface area contributed by atoms with E-state index in [1.807, 2.05) is 0 Å². The normalized spacial score (nSPS) is 20.2. The number of benzene rings is 1. The Balaban J connectivity index is 1.66. The van der Waals surface area contributed by atoms with E-state index in [0.717, 1.165) is 0 Å². The molecule has 3 amide bonds. The van der Waals surface area contributed by atoms with Gasteiger partial charge in [-0.05, 0) is 24.1 Å². The van der Waals surface area contributed by atoms with Crippen LogP contribution >= 0.6 is 0 Å². The molecule has 0 radical (unpaired) electrons. The van der Waals surface area contributed by atoms with Crippen molar-refractivity contribution in [2.75, 3.05) is 0 Å². The lowest BCUT2D eigenvalue weighted by molar-refractivity contribution is -0.136. The maximum Gasteiger partial charge on any atom is 0.299 e. The summed E-state index contributed by atoms with van der Waals surface area (Å²) in [4.78, 5) is 37.3. The third-order valence-corrected chi connectivity index (χ3v) is 5.88. The molecule has 1 N–H and O–H groups in total. The molecule has 2 aromatic rings. The van der Waals surface area contributed by atoms with Gasteiger partial charge in [-0.2, -0.15) is 8.42 Å². The summed E-state index contributed by atoms with van der Waals surface area (Å²) in [5.41, 5.74) is 0.829. The number of hydrogen-bond donors (Lipinski definition) is 1. The first-order valence-electron chi connectivity index (χ1n) is 7.77. The van der Waals surface area contributed by atoms with Gasteiger partial charge in [0.2, 0.25) is 11.8 Å². The van der Waals surface area contributed by atoms with Gasteiger partial charge in [-0.1, -0.05) is 10.3 Å². The highest BCUT2D eigenvalue weighted by atomic mass is 32.2. The second kappa shape index (κ2) is 5.73. The summed E-state index contributed by atoms with van der Waals surface area (Å²) in [6.07, 6.45) is 2.87. The van der Waals surface area contributed by atoms with Crippen molar-refractivity contribution in [2.24, 2.45) is 0 Å². The van der Waals surface area contributed by atoms with Crippen molar-refractivity contribution < 1.29 is 22.8 Å². The standard InChI is InChI=1S/C15H13N5O5S/c21-13-4-3-12(14(22)18-13)19-8-9-1-2-10(7-11(9)15(19)23)26(24,25)20-16-5-6-17-20/h1-2,5-7,12H,3-4,8H2,(H,18,21,22). The van der Waals surface area contributed by atoms with Crippen molar-refractivity contribution in [3.05, 3.63) is 41.7 Å². The SMILES string of the molecule is O=C1CCC(N2Cc3ccc(S(=O)(=O)n4nccn4)cc3C2=O)C(=O)N1. The van der Waals surface area contributed by atoms with E-state index in [9.17, 15) is 22.8 Å². The molecule has 1 saturated heterocycles. The molecule has 2 aliphatic rings. The number of carbonyl (C=O) groups excluding carboxylic acids is 3. The highest BCUT2D eigenvalue weighted by molar-refractivity contribution is 7.89. The average molecular weight is 375 g/mol. The molecule has 1 aromatic heterocycles. The fourth-order valence-corrected chi connectivity index (χ4v) is 4.17. The van der Waals surface area contributed by atoms with Crippen molar-refractivity contribution in [1.29, 1.82) is 0 Å². The minimum absolute atomic E-state index is 0.120. The van der Waals surface area contributed by atoms with Crippen LogP contribution < -0.4 is 5.32 Å². The third kappa shape index (κ3) is 2.47. The van der Waals surface area contributed by atoms with E-state index < -0.39 is 27.9 Å². The number of hydrogen-bond acceptors (Lipinski definition) is 7. The van der Waals surface area contributed by atoms with Gasteiger partial charge in [-0.3, -0.25) is 19.7 Å². The molecule has 1 atom stereocenters. The summed E-state index contributed by atoms with van der Waals surface area (Å²) in [5, 5.41) is 9.46. The second-order valence-electron chi connectivity index (χ2n) is 5.98. The molecule has 0 spiro atoms. The van der Waals surface area contributed by atoms with Crippen molar-refractivity contribution in [2.45, 2.75) is 30.3 Å². The van der Waals surface area contributed by atoms with Crippen LogP contribution in [0.4, 0.5) is 0 Å². The number of imide groups is 1. The first kappa shape index (κ1) is 16.4. The van der Waals surface area contributed by atoms with E-state index in [-0.39, 0.29) is 35.8 Å². The molecule has 10 nitrogen and oxygen atoms in total. The van der Waals surface area contributed by atoms with Crippen molar-refractivity contribution in [3.8, 4) is 0 Å². The van der Waals surface area contributed by atoms with Crippen molar-refractivity contribution in [1.82, 2.24) is 24.6 Å². The van der Waals surface area contributed by atoms with Gasteiger partial charge in [0.25, 0.3) is 15.9 Å². The van der Waals surface area contributed by atoms with Gasteiger partial charge in [0.15, 0.2) is 0 Å². The molecule has 1 fully saturated rings. The number of piperidine rings is 1. The van der Waals surface area contributed by atoms with E-state index in [0.29, 0.717) is 9.77 Å². The molecule has 134 valence electrons. The Bertz CT molecular complexity index is 1030. The maximum atomic E-state index is 12.7. The second-order valence-corrected chi connectivity index (χ2v) is 7.72. The summed E-state index contributed by atoms with van der Waals surface area (Å²) in [7, 11) is -4.00. The van der Waals surface area contributed by atoms with Crippen LogP contribution in [0, 0.1) is 0 Å². The zero-order valence-corrected chi connectivity index (χ0v) is 14.1. The van der Waals surface area contributed by atoms with E-state index in [4.69, 9.17) is 0 Å². The first-order chi connectivity index (χ1) is 12.4. The Kier molecular flexibility index (Phi) is 3.61. The molecule has 0 saturated carbocycles. The number of nitrogens with zero attached hydrogens (tertiary/aromatic N) is 4. The fraction of sp³-hybridized carbons (Fsp3) is 0.267. The molecule has 0 bridgehead atoms. The lowest BCUT2D eigenvalue weighted by Gasteiger charge is -2.29. The number of fused-ring (bicyclic) bond motifs is 1. The fourth-order valence-electron chi connectivity index (χ4n) is 3.12. The average Bonchev–Trinajstić information content (AvgIpc) is 3.24. The summed E-state index contributed by atoms with van der Waals surface area (Å²) in [5.74, 6) is -1.33. The lowest BCUT2D eigenvalue weighted by Crippen LogP contribution is -2.52. The van der Waals surface area contributed by atoms with Gasteiger partial charge in [-0.25, -0.2) is 0 Å². The summed E-state index contributed by atoms with van der Waals surface area (Å²) in [6, 6.07) is 3.43. The highest BCUT2D eigenvalue weighted by Crippen LogP contribution is 2.29. The molecule has 3 heterocycles. The Labute approximate surface area is 147 Å². The van der Waals surface area contributed by atoms with Crippen LogP contribution in [-0.2, 0) is 26.2 Å². The van der Waals surface area contributed by atoms with Gasteiger partial charge < -0.3 is 4.90 Å². The van der Waals surface area contributed by atoms with Crippen LogP contribution in [0.3, 0.4) is 0 Å². The van der Waals surface area contributed by atoms with Gasteiger partial charge in [0, 0.05) is 18.5 Å². The predicted molar refractivity (Wildman–Crippen MR) is 85.1 cm³/mol. The van der Waals surface area contributed by atoms with Gasteiger partial charge >= 0.3 is 0 Å². The molecule has 2 aliphatic heterocycles. The number of aromatic nitrogens is 3. The maximum absolute atomic E-state index is 12.7. The smallest absolute Gasteiger partial charge is 0.299 e.